The maximum Gasteiger partial charge on any atom is 0.241 e. The van der Waals surface area contributed by atoms with Gasteiger partial charge in [0.15, 0.2) is 0 Å². The average molecular weight is 250 g/mol. The van der Waals surface area contributed by atoms with Gasteiger partial charge in [-0.2, -0.15) is 4.68 Å². The molecular formula is C10H8ClN5O. The largest absolute Gasteiger partial charge is 0.366 e. The van der Waals surface area contributed by atoms with Crippen molar-refractivity contribution < 1.29 is 4.79 Å². The van der Waals surface area contributed by atoms with Crippen LogP contribution in [0.25, 0.3) is 11.8 Å². The zero-order chi connectivity index (χ0) is 12.3. The summed E-state index contributed by atoms with van der Waals surface area (Å²) in [7, 11) is 0. The molecule has 0 saturated carbocycles. The summed E-state index contributed by atoms with van der Waals surface area (Å²) in [4.78, 5) is 10.7. The highest BCUT2D eigenvalue weighted by Gasteiger charge is 2.04. The molecule has 2 N–H and O–H groups in total. The van der Waals surface area contributed by atoms with E-state index in [-0.39, 0.29) is 0 Å². The van der Waals surface area contributed by atoms with Crippen LogP contribution in [0.4, 0.5) is 0 Å². The molecule has 7 heteroatoms. The van der Waals surface area contributed by atoms with E-state index in [4.69, 9.17) is 17.3 Å². The lowest BCUT2D eigenvalue weighted by atomic mass is 10.1. The number of rotatable bonds is 3. The number of carbonyl (C=O) groups is 1. The van der Waals surface area contributed by atoms with Gasteiger partial charge < -0.3 is 5.73 Å². The minimum absolute atomic E-state index is 0.535. The molecule has 0 spiro atoms. The highest BCUT2D eigenvalue weighted by atomic mass is 35.5. The number of benzene rings is 1. The topological polar surface area (TPSA) is 86.7 Å². The maximum absolute atomic E-state index is 10.7. The zero-order valence-electron chi connectivity index (χ0n) is 8.62. The summed E-state index contributed by atoms with van der Waals surface area (Å²) < 4.78 is 1.47. The van der Waals surface area contributed by atoms with Crippen LogP contribution in [0, 0.1) is 0 Å². The number of amides is 1. The highest BCUT2D eigenvalue weighted by molar-refractivity contribution is 6.30. The van der Waals surface area contributed by atoms with E-state index in [9.17, 15) is 4.79 Å². The molecule has 86 valence electrons. The van der Waals surface area contributed by atoms with Crippen LogP contribution in [0.5, 0.6) is 0 Å². The van der Waals surface area contributed by atoms with Gasteiger partial charge in [-0.05, 0) is 34.7 Å². The molecular weight excluding hydrogens is 242 g/mol. The molecule has 1 heterocycles. The van der Waals surface area contributed by atoms with Crippen LogP contribution in [-0.4, -0.2) is 26.1 Å². The summed E-state index contributed by atoms with van der Waals surface area (Å²) in [6.45, 7) is 0. The third-order valence-corrected chi connectivity index (χ3v) is 2.25. The minimum atomic E-state index is -0.535. The van der Waals surface area contributed by atoms with Crippen LogP contribution in [-0.2, 0) is 4.79 Å². The van der Waals surface area contributed by atoms with Gasteiger partial charge in [0, 0.05) is 16.7 Å². The van der Waals surface area contributed by atoms with Crippen molar-refractivity contribution in [3.05, 3.63) is 41.2 Å². The second-order valence-electron chi connectivity index (χ2n) is 3.19. The van der Waals surface area contributed by atoms with Gasteiger partial charge >= 0.3 is 0 Å². The van der Waals surface area contributed by atoms with Gasteiger partial charge in [-0.1, -0.05) is 11.6 Å². The van der Waals surface area contributed by atoms with Gasteiger partial charge in [-0.15, -0.1) is 5.10 Å². The van der Waals surface area contributed by atoms with Gasteiger partial charge in [0.05, 0.1) is 5.69 Å². The Labute approximate surface area is 102 Å². The average Bonchev–Trinajstić information content (AvgIpc) is 2.80. The molecule has 6 nitrogen and oxygen atoms in total. The van der Waals surface area contributed by atoms with Crippen molar-refractivity contribution in [2.75, 3.05) is 0 Å². The van der Waals surface area contributed by atoms with E-state index in [1.165, 1.54) is 17.1 Å². The normalized spacial score (nSPS) is 10.9. The first-order valence-corrected chi connectivity index (χ1v) is 5.05. The smallest absolute Gasteiger partial charge is 0.241 e. The van der Waals surface area contributed by atoms with E-state index in [1.807, 2.05) is 0 Å². The number of tetrazole rings is 1. The predicted octanol–water partition coefficient (Wildman–Crippen LogP) is 0.814. The molecule has 0 fully saturated rings. The third-order valence-electron chi connectivity index (χ3n) is 2.01. The van der Waals surface area contributed by atoms with Crippen molar-refractivity contribution in [2.45, 2.75) is 0 Å². The fraction of sp³-hybridized carbons (Fsp3) is 0. The Kier molecular flexibility index (Phi) is 3.15. The molecule has 0 bridgehead atoms. The van der Waals surface area contributed by atoms with Crippen molar-refractivity contribution in [3.63, 3.8) is 0 Å². The van der Waals surface area contributed by atoms with Crippen LogP contribution in [0.2, 0.25) is 5.02 Å². The number of hydrogen-bond donors (Lipinski definition) is 1. The van der Waals surface area contributed by atoms with Crippen LogP contribution < -0.4 is 5.73 Å². The molecule has 0 radical (unpaired) electrons. The Morgan fingerprint density at radius 3 is 2.94 bits per heavy atom. The maximum atomic E-state index is 10.7. The first-order chi connectivity index (χ1) is 8.16. The van der Waals surface area contributed by atoms with E-state index in [2.05, 4.69) is 15.5 Å². The van der Waals surface area contributed by atoms with Crippen LogP contribution in [0.1, 0.15) is 5.56 Å². The first-order valence-electron chi connectivity index (χ1n) is 4.67. The Morgan fingerprint density at radius 2 is 2.29 bits per heavy atom. The molecule has 0 aliphatic heterocycles. The fourth-order valence-corrected chi connectivity index (χ4v) is 1.49. The number of carbonyl (C=O) groups excluding carboxylic acids is 1. The molecule has 17 heavy (non-hydrogen) atoms. The van der Waals surface area contributed by atoms with Crippen molar-refractivity contribution in [3.8, 4) is 5.69 Å². The van der Waals surface area contributed by atoms with Crippen molar-refractivity contribution in [1.82, 2.24) is 20.2 Å². The fourth-order valence-electron chi connectivity index (χ4n) is 1.31. The lowest BCUT2D eigenvalue weighted by molar-refractivity contribution is -0.113. The van der Waals surface area contributed by atoms with E-state index < -0.39 is 5.91 Å². The van der Waals surface area contributed by atoms with Gasteiger partial charge in [0.2, 0.25) is 5.91 Å². The molecule has 2 aromatic rings. The summed E-state index contributed by atoms with van der Waals surface area (Å²) in [5.74, 6) is -0.535. The van der Waals surface area contributed by atoms with Gasteiger partial charge in [-0.25, -0.2) is 0 Å². The highest BCUT2D eigenvalue weighted by Crippen LogP contribution is 2.20. The lowest BCUT2D eigenvalue weighted by Gasteiger charge is -2.04. The molecule has 2 rings (SSSR count). The molecule has 1 aromatic carbocycles. The van der Waals surface area contributed by atoms with E-state index >= 15 is 0 Å². The number of nitrogens with two attached hydrogens (primary N) is 1. The number of nitrogens with zero attached hydrogens (tertiary/aromatic N) is 4. The second kappa shape index (κ2) is 4.75. The zero-order valence-corrected chi connectivity index (χ0v) is 9.37. The quantitative estimate of drug-likeness (QED) is 0.816. The minimum Gasteiger partial charge on any atom is -0.366 e. The van der Waals surface area contributed by atoms with E-state index in [1.54, 1.807) is 24.3 Å². The lowest BCUT2D eigenvalue weighted by Crippen LogP contribution is -2.05. The van der Waals surface area contributed by atoms with Gasteiger partial charge in [-0.3, -0.25) is 4.79 Å². The molecule has 0 atom stereocenters. The number of halogens is 1. The molecule has 0 unspecified atom stereocenters. The molecule has 0 saturated heterocycles. The van der Waals surface area contributed by atoms with Crippen LogP contribution >= 0.6 is 11.6 Å². The monoisotopic (exact) mass is 249 g/mol. The van der Waals surface area contributed by atoms with Crippen LogP contribution in [0.3, 0.4) is 0 Å². The molecule has 0 aliphatic carbocycles. The summed E-state index contributed by atoms with van der Waals surface area (Å²) in [5.41, 5.74) is 6.44. The third kappa shape index (κ3) is 2.67. The number of hydrogen-bond acceptors (Lipinski definition) is 4. The number of primary amides is 1. The second-order valence-corrected chi connectivity index (χ2v) is 3.63. The van der Waals surface area contributed by atoms with Crippen LogP contribution in [0.15, 0.2) is 30.6 Å². The Morgan fingerprint density at radius 1 is 1.47 bits per heavy atom. The standard InChI is InChI=1S/C10H8ClN5O/c11-8-2-3-9(16-6-13-14-15-16)7(5-8)1-4-10(12)17/h1-6H,(H2,12,17)/b4-1+. The molecule has 0 aliphatic rings. The summed E-state index contributed by atoms with van der Waals surface area (Å²) in [6, 6.07) is 5.15. The summed E-state index contributed by atoms with van der Waals surface area (Å²) in [6.07, 6.45) is 4.26. The first kappa shape index (κ1) is 11.3. The molecule has 1 aromatic heterocycles. The van der Waals surface area contributed by atoms with Gasteiger partial charge in [0.1, 0.15) is 6.33 Å². The Balaban J connectivity index is 2.48. The van der Waals surface area contributed by atoms with Crippen molar-refractivity contribution in [1.29, 1.82) is 0 Å². The van der Waals surface area contributed by atoms with E-state index in [0.29, 0.717) is 16.3 Å². The summed E-state index contributed by atoms with van der Waals surface area (Å²) >= 11 is 5.88. The van der Waals surface area contributed by atoms with Gasteiger partial charge in [0.25, 0.3) is 0 Å². The van der Waals surface area contributed by atoms with E-state index in [0.717, 1.165) is 0 Å². The van der Waals surface area contributed by atoms with Crippen molar-refractivity contribution >= 4 is 23.6 Å². The Hall–Kier alpha value is -2.21. The van der Waals surface area contributed by atoms with Crippen molar-refractivity contribution in [2.24, 2.45) is 5.73 Å². The molecule has 1 amide bonds. The predicted molar refractivity (Wildman–Crippen MR) is 62.4 cm³/mol. The SMILES string of the molecule is NC(=O)/C=C/c1cc(Cl)ccc1-n1cnnn1. The number of aromatic nitrogens is 4. The Bertz CT molecular complexity index is 564. The summed E-state index contributed by atoms with van der Waals surface area (Å²) in [5, 5.41) is 11.4.